The number of hydrogen-bond donors (Lipinski definition) is 2. The van der Waals surface area contributed by atoms with Crippen molar-refractivity contribution in [3.8, 4) is 0 Å². The summed E-state index contributed by atoms with van der Waals surface area (Å²) in [5.41, 5.74) is 3.08. The molecule has 4 rings (SSSR count). The van der Waals surface area contributed by atoms with Gasteiger partial charge < -0.3 is 19.7 Å². The highest BCUT2D eigenvalue weighted by atomic mass is 35.5. The topological polar surface area (TPSA) is 91.1 Å². The number of aliphatic carboxylic acids is 1. The van der Waals surface area contributed by atoms with Crippen molar-refractivity contribution >= 4 is 46.5 Å². The molecule has 0 radical (unpaired) electrons. The van der Waals surface area contributed by atoms with Gasteiger partial charge in [-0.05, 0) is 48.7 Å². The summed E-state index contributed by atoms with van der Waals surface area (Å²) in [4.78, 5) is 38.3. The van der Waals surface area contributed by atoms with Crippen molar-refractivity contribution < 1.29 is 19.5 Å². The summed E-state index contributed by atoms with van der Waals surface area (Å²) in [6.07, 6.45) is 4.14. The molecule has 0 bridgehead atoms. The third-order valence-corrected chi connectivity index (χ3v) is 6.10. The second-order valence-electron chi connectivity index (χ2n) is 7.46. The predicted octanol–water partition coefficient (Wildman–Crippen LogP) is 3.65. The van der Waals surface area contributed by atoms with E-state index in [0.29, 0.717) is 25.1 Å². The molecule has 0 saturated carbocycles. The van der Waals surface area contributed by atoms with Crippen molar-refractivity contribution in [3.05, 3.63) is 75.0 Å². The molecular weight excluding hydrogens is 441 g/mol. The number of aromatic nitrogens is 1. The van der Waals surface area contributed by atoms with Gasteiger partial charge in [-0.2, -0.15) is 0 Å². The number of carbonyl (C=O) groups is 3. The van der Waals surface area contributed by atoms with Gasteiger partial charge in [0.2, 0.25) is 0 Å². The maximum Gasteiger partial charge on any atom is 0.325 e. The Labute approximate surface area is 188 Å². The zero-order valence-electron chi connectivity index (χ0n) is 16.6. The van der Waals surface area contributed by atoms with Crippen LogP contribution in [0.15, 0.2) is 42.7 Å². The number of fused-ring (bicyclic) bond motifs is 2. The van der Waals surface area contributed by atoms with Gasteiger partial charge in [0.25, 0.3) is 11.8 Å². The SMILES string of the molecule is C[C@H](NC(=O)c1c(Cl)cc2c(c1Cl)CCN(C(=O)c1cc3ccccn3c1)C2)C(=O)O. The van der Waals surface area contributed by atoms with Crippen LogP contribution in [0.3, 0.4) is 0 Å². The molecule has 0 saturated heterocycles. The van der Waals surface area contributed by atoms with Gasteiger partial charge in [-0.3, -0.25) is 14.4 Å². The molecule has 1 aromatic carbocycles. The first-order valence-electron chi connectivity index (χ1n) is 9.65. The summed E-state index contributed by atoms with van der Waals surface area (Å²) in [5, 5.41) is 11.7. The van der Waals surface area contributed by atoms with E-state index in [1.807, 2.05) is 34.9 Å². The third-order valence-electron chi connectivity index (χ3n) is 5.39. The molecule has 2 aromatic heterocycles. The second kappa shape index (κ2) is 8.24. The highest BCUT2D eigenvalue weighted by Gasteiger charge is 2.29. The molecule has 0 unspecified atom stereocenters. The van der Waals surface area contributed by atoms with Crippen LogP contribution in [0.2, 0.25) is 10.0 Å². The summed E-state index contributed by atoms with van der Waals surface area (Å²) < 4.78 is 1.89. The molecule has 3 heterocycles. The minimum atomic E-state index is -1.16. The number of halogens is 2. The van der Waals surface area contributed by atoms with Crippen LogP contribution in [0.1, 0.15) is 38.8 Å². The van der Waals surface area contributed by atoms with Crippen LogP contribution in [0.5, 0.6) is 0 Å². The lowest BCUT2D eigenvalue weighted by molar-refractivity contribution is -0.138. The van der Waals surface area contributed by atoms with Gasteiger partial charge in [-0.1, -0.05) is 29.3 Å². The molecule has 0 fully saturated rings. The highest BCUT2D eigenvalue weighted by Crippen LogP contribution is 2.35. The molecule has 2 N–H and O–H groups in total. The van der Waals surface area contributed by atoms with Crippen molar-refractivity contribution in [1.29, 1.82) is 0 Å². The van der Waals surface area contributed by atoms with E-state index in [1.54, 1.807) is 17.2 Å². The Hall–Kier alpha value is -3.03. The van der Waals surface area contributed by atoms with Gasteiger partial charge in [0.05, 0.1) is 21.2 Å². The standard InChI is InChI=1S/C22H19Cl2N3O4/c1-12(22(30)31)25-20(28)18-17(23)9-13-10-27(7-5-16(13)19(18)24)21(29)14-8-15-4-2-3-6-26(15)11-14/h2-4,6,8-9,11-12H,5,7,10H2,1H3,(H,25,28)(H,30,31)/t12-/m0/s1. The molecular formula is C22H19Cl2N3O4. The zero-order chi connectivity index (χ0) is 22.3. The molecule has 1 atom stereocenters. The Morgan fingerprint density at radius 1 is 1.19 bits per heavy atom. The average molecular weight is 460 g/mol. The van der Waals surface area contributed by atoms with E-state index < -0.39 is 17.9 Å². The van der Waals surface area contributed by atoms with E-state index >= 15 is 0 Å². The van der Waals surface area contributed by atoms with Crippen LogP contribution >= 0.6 is 23.2 Å². The minimum absolute atomic E-state index is 0.0497. The van der Waals surface area contributed by atoms with E-state index in [1.165, 1.54) is 6.92 Å². The maximum atomic E-state index is 13.0. The van der Waals surface area contributed by atoms with Gasteiger partial charge in [0, 0.05) is 31.0 Å². The van der Waals surface area contributed by atoms with Crippen LogP contribution < -0.4 is 5.32 Å². The summed E-state index contributed by atoms with van der Waals surface area (Å²) in [7, 11) is 0. The molecule has 1 aliphatic rings. The predicted molar refractivity (Wildman–Crippen MR) is 117 cm³/mol. The normalized spacial score (nSPS) is 14.2. The molecule has 31 heavy (non-hydrogen) atoms. The summed E-state index contributed by atoms with van der Waals surface area (Å²) in [6.45, 7) is 2.11. The number of hydrogen-bond acceptors (Lipinski definition) is 3. The largest absolute Gasteiger partial charge is 0.480 e. The molecule has 0 aliphatic carbocycles. The Balaban J connectivity index is 1.59. The number of rotatable bonds is 4. The number of carboxylic acid groups (broad SMARTS) is 1. The molecule has 7 nitrogen and oxygen atoms in total. The lowest BCUT2D eigenvalue weighted by atomic mass is 9.96. The van der Waals surface area contributed by atoms with Gasteiger partial charge >= 0.3 is 5.97 Å². The zero-order valence-corrected chi connectivity index (χ0v) is 18.1. The van der Waals surface area contributed by atoms with E-state index in [2.05, 4.69) is 5.32 Å². The Bertz CT molecular complexity index is 1190. The fourth-order valence-corrected chi connectivity index (χ4v) is 4.48. The molecule has 0 spiro atoms. The number of nitrogens with one attached hydrogen (secondary N) is 1. The maximum absolute atomic E-state index is 13.0. The lowest BCUT2D eigenvalue weighted by Gasteiger charge is -2.30. The van der Waals surface area contributed by atoms with Crippen LogP contribution in [-0.4, -0.2) is 44.8 Å². The van der Waals surface area contributed by atoms with Gasteiger partial charge in [0.15, 0.2) is 0 Å². The molecule has 2 amide bonds. The van der Waals surface area contributed by atoms with E-state index in [4.69, 9.17) is 28.3 Å². The molecule has 9 heteroatoms. The number of amides is 2. The average Bonchev–Trinajstić information content (AvgIpc) is 3.16. The highest BCUT2D eigenvalue weighted by molar-refractivity contribution is 6.40. The van der Waals surface area contributed by atoms with Crippen LogP contribution in [0.4, 0.5) is 0 Å². The first-order chi connectivity index (χ1) is 14.8. The summed E-state index contributed by atoms with van der Waals surface area (Å²) >= 11 is 12.8. The molecule has 3 aromatic rings. The minimum Gasteiger partial charge on any atom is -0.480 e. The summed E-state index contributed by atoms with van der Waals surface area (Å²) in [6, 6.07) is 8.12. The Morgan fingerprint density at radius 2 is 1.97 bits per heavy atom. The lowest BCUT2D eigenvalue weighted by Crippen LogP contribution is -2.39. The third kappa shape index (κ3) is 3.98. The van der Waals surface area contributed by atoms with Crippen LogP contribution in [0, 0.1) is 0 Å². The van der Waals surface area contributed by atoms with Gasteiger partial charge in [-0.15, -0.1) is 0 Å². The number of benzene rings is 1. The van der Waals surface area contributed by atoms with E-state index in [9.17, 15) is 14.4 Å². The first-order valence-corrected chi connectivity index (χ1v) is 10.4. The van der Waals surface area contributed by atoms with Crippen LogP contribution in [-0.2, 0) is 17.8 Å². The first kappa shape index (κ1) is 21.2. The van der Waals surface area contributed by atoms with Crippen molar-refractivity contribution in [3.63, 3.8) is 0 Å². The fraction of sp³-hybridized carbons (Fsp3) is 0.227. The van der Waals surface area contributed by atoms with Crippen molar-refractivity contribution in [2.75, 3.05) is 6.54 Å². The number of carbonyl (C=O) groups excluding carboxylic acids is 2. The van der Waals surface area contributed by atoms with Crippen molar-refractivity contribution in [2.45, 2.75) is 25.9 Å². The Morgan fingerprint density at radius 3 is 2.68 bits per heavy atom. The quantitative estimate of drug-likeness (QED) is 0.622. The smallest absolute Gasteiger partial charge is 0.325 e. The van der Waals surface area contributed by atoms with Gasteiger partial charge in [0.1, 0.15) is 6.04 Å². The summed E-state index contributed by atoms with van der Waals surface area (Å²) in [5.74, 6) is -1.91. The van der Waals surface area contributed by atoms with E-state index in [0.717, 1.165) is 16.6 Å². The van der Waals surface area contributed by atoms with Crippen molar-refractivity contribution in [1.82, 2.24) is 14.6 Å². The number of nitrogens with zero attached hydrogens (tertiary/aromatic N) is 2. The van der Waals surface area contributed by atoms with E-state index in [-0.39, 0.29) is 21.5 Å². The van der Waals surface area contributed by atoms with Gasteiger partial charge in [-0.25, -0.2) is 0 Å². The monoisotopic (exact) mass is 459 g/mol. The number of carboxylic acids is 1. The second-order valence-corrected chi connectivity index (χ2v) is 8.24. The Kier molecular flexibility index (Phi) is 5.64. The molecule has 1 aliphatic heterocycles. The van der Waals surface area contributed by atoms with Crippen LogP contribution in [0.25, 0.3) is 5.52 Å². The number of pyridine rings is 1. The fourth-order valence-electron chi connectivity index (χ4n) is 3.72. The van der Waals surface area contributed by atoms with Crippen molar-refractivity contribution in [2.24, 2.45) is 0 Å². The molecule has 160 valence electrons.